The van der Waals surface area contributed by atoms with Crippen molar-refractivity contribution in [3.8, 4) is 0 Å². The van der Waals surface area contributed by atoms with Crippen LogP contribution < -0.4 is 10.6 Å². The van der Waals surface area contributed by atoms with Gasteiger partial charge in [0.2, 0.25) is 0 Å². The molecule has 3 rings (SSSR count). The summed E-state index contributed by atoms with van der Waals surface area (Å²) in [6, 6.07) is 17.2. The third-order valence-electron chi connectivity index (χ3n) is 6.38. The second-order valence-corrected chi connectivity index (χ2v) is 9.01. The first kappa shape index (κ1) is 21.6. The molecule has 2 aromatic rings. The van der Waals surface area contributed by atoms with Gasteiger partial charge in [-0.05, 0) is 74.6 Å². The summed E-state index contributed by atoms with van der Waals surface area (Å²) >= 11 is 12.6. The second kappa shape index (κ2) is 10.6. The van der Waals surface area contributed by atoms with Crippen molar-refractivity contribution < 1.29 is 0 Å². The zero-order valence-electron chi connectivity index (χ0n) is 16.9. The Hall–Kier alpha value is -1.06. The molecule has 2 aromatic carbocycles. The zero-order valence-corrected chi connectivity index (χ0v) is 18.4. The molecule has 4 heteroatoms. The van der Waals surface area contributed by atoms with Crippen LogP contribution >= 0.6 is 23.2 Å². The van der Waals surface area contributed by atoms with Crippen molar-refractivity contribution in [2.24, 2.45) is 11.8 Å². The van der Waals surface area contributed by atoms with Crippen molar-refractivity contribution in [1.29, 1.82) is 0 Å². The second-order valence-electron chi connectivity index (χ2n) is 8.20. The minimum absolute atomic E-state index is 0.517. The normalized spacial score (nSPS) is 22.0. The van der Waals surface area contributed by atoms with E-state index in [-0.39, 0.29) is 0 Å². The van der Waals surface area contributed by atoms with Crippen molar-refractivity contribution in [1.82, 2.24) is 10.6 Å². The summed E-state index contributed by atoms with van der Waals surface area (Å²) in [5.74, 6) is 1.49. The van der Waals surface area contributed by atoms with E-state index >= 15 is 0 Å². The van der Waals surface area contributed by atoms with Gasteiger partial charge in [0.25, 0.3) is 0 Å². The Bertz CT molecular complexity index is 677. The number of hydrogen-bond acceptors (Lipinski definition) is 2. The molecule has 1 aliphatic carbocycles. The number of nitrogens with one attached hydrogen (secondary N) is 2. The molecular weight excluding hydrogens is 387 g/mol. The van der Waals surface area contributed by atoms with E-state index in [0.717, 1.165) is 35.0 Å². The van der Waals surface area contributed by atoms with E-state index in [2.05, 4.69) is 48.7 Å². The van der Waals surface area contributed by atoms with E-state index in [1.807, 2.05) is 24.3 Å². The summed E-state index contributed by atoms with van der Waals surface area (Å²) in [6.45, 7) is 6.33. The van der Waals surface area contributed by atoms with Gasteiger partial charge < -0.3 is 10.6 Å². The van der Waals surface area contributed by atoms with Crippen molar-refractivity contribution in [3.05, 3.63) is 69.7 Å². The summed E-state index contributed by atoms with van der Waals surface area (Å²) in [5, 5.41) is 9.09. The molecule has 152 valence electrons. The molecule has 1 fully saturated rings. The van der Waals surface area contributed by atoms with Crippen LogP contribution in [0.5, 0.6) is 0 Å². The topological polar surface area (TPSA) is 24.1 Å². The van der Waals surface area contributed by atoms with E-state index in [4.69, 9.17) is 23.2 Å². The maximum atomic E-state index is 6.28. The van der Waals surface area contributed by atoms with Crippen molar-refractivity contribution >= 4 is 23.2 Å². The van der Waals surface area contributed by atoms with Gasteiger partial charge in [-0.3, -0.25) is 0 Å². The molecule has 0 aromatic heterocycles. The highest BCUT2D eigenvalue weighted by molar-refractivity contribution is 6.31. The monoisotopic (exact) mass is 418 g/mol. The first-order valence-corrected chi connectivity index (χ1v) is 11.2. The Balaban J connectivity index is 1.41. The predicted octanol–water partition coefficient (Wildman–Crippen LogP) is 6.46. The van der Waals surface area contributed by atoms with Gasteiger partial charge in [-0.2, -0.15) is 0 Å². The summed E-state index contributed by atoms with van der Waals surface area (Å²) in [5.41, 5.74) is 2.36. The Morgan fingerprint density at radius 1 is 0.714 bits per heavy atom. The number of benzene rings is 2. The summed E-state index contributed by atoms with van der Waals surface area (Å²) in [6.07, 6.45) is 5.16. The van der Waals surface area contributed by atoms with E-state index in [0.29, 0.717) is 12.1 Å². The van der Waals surface area contributed by atoms with Crippen LogP contribution in [-0.2, 0) is 13.1 Å². The fourth-order valence-corrected chi connectivity index (χ4v) is 4.71. The molecule has 1 saturated carbocycles. The van der Waals surface area contributed by atoms with Crippen LogP contribution in [-0.4, -0.2) is 12.1 Å². The maximum Gasteiger partial charge on any atom is 0.0450 e. The molecule has 1 aliphatic rings. The Labute approximate surface area is 180 Å². The summed E-state index contributed by atoms with van der Waals surface area (Å²) < 4.78 is 0. The SMILES string of the molecule is CC(NCc1ccccc1Cl)C1CCC(C(C)NCc2ccccc2Cl)CC1. The van der Waals surface area contributed by atoms with Crippen LogP contribution in [0.3, 0.4) is 0 Å². The fraction of sp³-hybridized carbons (Fsp3) is 0.500. The highest BCUT2D eigenvalue weighted by atomic mass is 35.5. The molecule has 0 amide bonds. The Kier molecular flexibility index (Phi) is 8.23. The largest absolute Gasteiger partial charge is 0.310 e. The lowest BCUT2D eigenvalue weighted by Crippen LogP contribution is -2.39. The van der Waals surface area contributed by atoms with E-state index in [1.165, 1.54) is 36.8 Å². The average Bonchev–Trinajstić information content (AvgIpc) is 2.72. The van der Waals surface area contributed by atoms with Crippen LogP contribution in [0.1, 0.15) is 50.7 Å². The molecule has 0 radical (unpaired) electrons. The zero-order chi connectivity index (χ0) is 19.9. The van der Waals surface area contributed by atoms with Crippen LogP contribution in [0.2, 0.25) is 10.0 Å². The highest BCUT2D eigenvalue weighted by Gasteiger charge is 2.28. The molecule has 0 aliphatic heterocycles. The Morgan fingerprint density at radius 3 is 1.43 bits per heavy atom. The lowest BCUT2D eigenvalue weighted by Gasteiger charge is -2.35. The number of halogens is 2. The molecule has 0 saturated heterocycles. The highest BCUT2D eigenvalue weighted by Crippen LogP contribution is 2.33. The summed E-state index contributed by atoms with van der Waals surface area (Å²) in [7, 11) is 0. The molecular formula is C24H32Cl2N2. The third kappa shape index (κ3) is 5.97. The lowest BCUT2D eigenvalue weighted by molar-refractivity contribution is 0.198. The maximum absolute atomic E-state index is 6.28. The number of hydrogen-bond donors (Lipinski definition) is 2. The van der Waals surface area contributed by atoms with Gasteiger partial charge in [0.15, 0.2) is 0 Å². The molecule has 28 heavy (non-hydrogen) atoms. The lowest BCUT2D eigenvalue weighted by atomic mass is 9.76. The van der Waals surface area contributed by atoms with Gasteiger partial charge in [-0.1, -0.05) is 59.6 Å². The van der Waals surface area contributed by atoms with E-state index < -0.39 is 0 Å². The molecule has 2 unspecified atom stereocenters. The molecule has 2 N–H and O–H groups in total. The van der Waals surface area contributed by atoms with Crippen LogP contribution in [0, 0.1) is 11.8 Å². The third-order valence-corrected chi connectivity index (χ3v) is 7.11. The van der Waals surface area contributed by atoms with Crippen molar-refractivity contribution in [2.45, 2.75) is 64.7 Å². The molecule has 0 heterocycles. The molecule has 0 bridgehead atoms. The van der Waals surface area contributed by atoms with Gasteiger partial charge in [0.05, 0.1) is 0 Å². The first-order chi connectivity index (χ1) is 13.5. The summed E-state index contributed by atoms with van der Waals surface area (Å²) in [4.78, 5) is 0. The van der Waals surface area contributed by atoms with Crippen molar-refractivity contribution in [2.75, 3.05) is 0 Å². The van der Waals surface area contributed by atoms with Gasteiger partial charge in [-0.25, -0.2) is 0 Å². The van der Waals surface area contributed by atoms with Gasteiger partial charge >= 0.3 is 0 Å². The first-order valence-electron chi connectivity index (χ1n) is 10.5. The smallest absolute Gasteiger partial charge is 0.0450 e. The number of rotatable bonds is 8. The predicted molar refractivity (Wildman–Crippen MR) is 121 cm³/mol. The van der Waals surface area contributed by atoms with Crippen LogP contribution in [0.4, 0.5) is 0 Å². The standard InChI is InChI=1S/C24H32Cl2N2/c1-17(27-15-21-7-3-5-9-23(21)25)19-11-13-20(14-12-19)18(2)28-16-22-8-4-6-10-24(22)26/h3-10,17-20,27-28H,11-16H2,1-2H3. The van der Waals surface area contributed by atoms with Gasteiger partial charge in [-0.15, -0.1) is 0 Å². The molecule has 2 nitrogen and oxygen atoms in total. The van der Waals surface area contributed by atoms with E-state index in [9.17, 15) is 0 Å². The van der Waals surface area contributed by atoms with Crippen LogP contribution in [0.15, 0.2) is 48.5 Å². The quantitative estimate of drug-likeness (QED) is 0.513. The average molecular weight is 419 g/mol. The molecule has 2 atom stereocenters. The minimum atomic E-state index is 0.517. The fourth-order valence-electron chi connectivity index (χ4n) is 4.30. The van der Waals surface area contributed by atoms with Gasteiger partial charge in [0.1, 0.15) is 0 Å². The van der Waals surface area contributed by atoms with Crippen LogP contribution in [0.25, 0.3) is 0 Å². The van der Waals surface area contributed by atoms with Crippen molar-refractivity contribution in [3.63, 3.8) is 0 Å². The van der Waals surface area contributed by atoms with E-state index in [1.54, 1.807) is 0 Å². The van der Waals surface area contributed by atoms with Gasteiger partial charge in [0, 0.05) is 35.2 Å². The molecule has 0 spiro atoms. The Morgan fingerprint density at radius 2 is 1.07 bits per heavy atom. The minimum Gasteiger partial charge on any atom is -0.310 e.